The Morgan fingerprint density at radius 1 is 0.857 bits per heavy atom. The number of nitrogens with zero attached hydrogens (tertiary/aromatic N) is 2. The number of amides is 2. The second-order valence-corrected chi connectivity index (χ2v) is 5.66. The first kappa shape index (κ1) is 18.7. The van der Waals surface area contributed by atoms with Crippen molar-refractivity contribution >= 4 is 23.2 Å². The summed E-state index contributed by atoms with van der Waals surface area (Å²) >= 11 is 0. The second kappa shape index (κ2) is 8.05. The number of anilines is 2. The van der Waals surface area contributed by atoms with Gasteiger partial charge < -0.3 is 10.6 Å². The molecule has 0 bridgehead atoms. The molecule has 3 rings (SSSR count). The van der Waals surface area contributed by atoms with Crippen molar-refractivity contribution < 1.29 is 18.4 Å². The number of halogens is 2. The third-order valence-corrected chi connectivity index (χ3v) is 3.70. The second-order valence-electron chi connectivity index (χ2n) is 5.66. The third kappa shape index (κ3) is 4.34. The summed E-state index contributed by atoms with van der Waals surface area (Å²) in [7, 11) is 0. The van der Waals surface area contributed by atoms with Crippen LogP contribution in [0.1, 0.15) is 26.4 Å². The third-order valence-electron chi connectivity index (χ3n) is 3.70. The van der Waals surface area contributed by atoms with Crippen molar-refractivity contribution in [3.05, 3.63) is 89.2 Å². The molecule has 6 nitrogen and oxygen atoms in total. The smallest absolute Gasteiger partial charge is 0.274 e. The van der Waals surface area contributed by atoms with E-state index >= 15 is 0 Å². The van der Waals surface area contributed by atoms with Crippen LogP contribution >= 0.6 is 0 Å². The van der Waals surface area contributed by atoms with Crippen LogP contribution in [0.3, 0.4) is 0 Å². The van der Waals surface area contributed by atoms with Crippen molar-refractivity contribution in [2.45, 2.75) is 0 Å². The van der Waals surface area contributed by atoms with Crippen molar-refractivity contribution in [3.8, 4) is 6.07 Å². The Morgan fingerprint density at radius 3 is 2.21 bits per heavy atom. The molecule has 0 saturated carbocycles. The van der Waals surface area contributed by atoms with E-state index in [0.29, 0.717) is 11.3 Å². The first-order chi connectivity index (χ1) is 13.5. The maximum Gasteiger partial charge on any atom is 0.274 e. The molecule has 1 heterocycles. The highest BCUT2D eigenvalue weighted by Crippen LogP contribution is 2.15. The number of benzene rings is 2. The molecular weight excluding hydrogens is 366 g/mol. The van der Waals surface area contributed by atoms with Crippen LogP contribution in [-0.4, -0.2) is 16.8 Å². The van der Waals surface area contributed by atoms with Crippen LogP contribution in [0.2, 0.25) is 0 Å². The van der Waals surface area contributed by atoms with Crippen LogP contribution in [0.15, 0.2) is 60.8 Å². The van der Waals surface area contributed by atoms with E-state index in [1.165, 1.54) is 24.4 Å². The van der Waals surface area contributed by atoms with Gasteiger partial charge in [-0.1, -0.05) is 0 Å². The maximum absolute atomic E-state index is 13.2. The van der Waals surface area contributed by atoms with Gasteiger partial charge in [0.25, 0.3) is 11.8 Å². The lowest BCUT2D eigenvalue weighted by Crippen LogP contribution is -2.17. The molecule has 2 aromatic carbocycles. The van der Waals surface area contributed by atoms with Gasteiger partial charge in [0.2, 0.25) is 0 Å². The Labute approximate surface area is 158 Å². The lowest BCUT2D eigenvalue weighted by atomic mass is 10.2. The molecule has 3 aromatic rings. The number of rotatable bonds is 4. The molecule has 2 amide bonds. The van der Waals surface area contributed by atoms with Crippen LogP contribution in [-0.2, 0) is 0 Å². The van der Waals surface area contributed by atoms with Crippen LogP contribution in [0.4, 0.5) is 20.2 Å². The molecule has 0 spiro atoms. The van der Waals surface area contributed by atoms with E-state index in [2.05, 4.69) is 15.6 Å². The van der Waals surface area contributed by atoms with E-state index in [1.54, 1.807) is 24.3 Å². The van der Waals surface area contributed by atoms with Crippen molar-refractivity contribution in [2.24, 2.45) is 0 Å². The molecule has 2 N–H and O–H groups in total. The molecule has 1 aromatic heterocycles. The average Bonchev–Trinajstić information content (AvgIpc) is 2.71. The largest absolute Gasteiger partial charge is 0.322 e. The molecular formula is C20H12F2N4O2. The van der Waals surface area contributed by atoms with Crippen molar-refractivity contribution in [1.82, 2.24) is 4.98 Å². The minimum absolute atomic E-state index is 0.0118. The summed E-state index contributed by atoms with van der Waals surface area (Å²) in [6, 6.07) is 13.8. The van der Waals surface area contributed by atoms with Gasteiger partial charge in [0.1, 0.15) is 5.69 Å². The molecule has 138 valence electrons. The van der Waals surface area contributed by atoms with Crippen LogP contribution < -0.4 is 10.6 Å². The predicted molar refractivity (Wildman–Crippen MR) is 97.7 cm³/mol. The topological polar surface area (TPSA) is 94.9 Å². The van der Waals surface area contributed by atoms with Crippen LogP contribution in [0.5, 0.6) is 0 Å². The zero-order valence-electron chi connectivity index (χ0n) is 14.2. The number of pyridine rings is 1. The molecule has 0 fully saturated rings. The molecule has 28 heavy (non-hydrogen) atoms. The highest BCUT2D eigenvalue weighted by atomic mass is 19.2. The molecule has 0 unspecified atom stereocenters. The van der Waals surface area contributed by atoms with Gasteiger partial charge >= 0.3 is 0 Å². The molecule has 0 aliphatic rings. The summed E-state index contributed by atoms with van der Waals surface area (Å²) in [5.41, 5.74) is 1.09. The number of hydrogen-bond acceptors (Lipinski definition) is 4. The maximum atomic E-state index is 13.2. The number of aromatic nitrogens is 1. The van der Waals surface area contributed by atoms with Crippen molar-refractivity contribution in [3.63, 3.8) is 0 Å². The predicted octanol–water partition coefficient (Wildman–Crippen LogP) is 3.74. The normalized spacial score (nSPS) is 10.0. The summed E-state index contributed by atoms with van der Waals surface area (Å²) in [4.78, 5) is 28.5. The quantitative estimate of drug-likeness (QED) is 0.723. The molecule has 0 atom stereocenters. The highest BCUT2D eigenvalue weighted by molar-refractivity contribution is 6.07. The van der Waals surface area contributed by atoms with Gasteiger partial charge in [0.05, 0.1) is 11.6 Å². The van der Waals surface area contributed by atoms with Gasteiger partial charge in [-0.15, -0.1) is 0 Å². The van der Waals surface area contributed by atoms with Gasteiger partial charge in [-0.3, -0.25) is 14.6 Å². The zero-order chi connectivity index (χ0) is 20.1. The zero-order valence-corrected chi connectivity index (χ0v) is 14.2. The first-order valence-corrected chi connectivity index (χ1v) is 8.00. The van der Waals surface area contributed by atoms with Gasteiger partial charge in [0.15, 0.2) is 11.6 Å². The van der Waals surface area contributed by atoms with Gasteiger partial charge in [-0.25, -0.2) is 8.78 Å². The average molecular weight is 378 g/mol. The van der Waals surface area contributed by atoms with Crippen LogP contribution in [0, 0.1) is 23.0 Å². The Bertz CT molecular complexity index is 1090. The fourth-order valence-corrected chi connectivity index (χ4v) is 2.30. The molecule has 0 aliphatic heterocycles. The van der Waals surface area contributed by atoms with Gasteiger partial charge in [-0.2, -0.15) is 5.26 Å². The SMILES string of the molecule is N#Cc1ccc(NC(=O)c2cc(C(=O)Nc3ccc(F)c(F)c3)ccn2)cc1. The minimum atomic E-state index is -1.09. The number of carbonyl (C=O) groups excluding carboxylic acids is 2. The van der Waals surface area contributed by atoms with E-state index in [4.69, 9.17) is 5.26 Å². The van der Waals surface area contributed by atoms with Crippen LogP contribution in [0.25, 0.3) is 0 Å². The summed E-state index contributed by atoms with van der Waals surface area (Å²) in [5.74, 6) is -3.27. The number of nitrogens with one attached hydrogen (secondary N) is 2. The van der Waals surface area contributed by atoms with Crippen molar-refractivity contribution in [2.75, 3.05) is 10.6 Å². The Balaban J connectivity index is 1.73. The molecule has 0 saturated heterocycles. The Hall–Kier alpha value is -4.12. The summed E-state index contributed by atoms with van der Waals surface area (Å²) in [6.07, 6.45) is 1.29. The molecule has 0 radical (unpaired) electrons. The Kier molecular flexibility index (Phi) is 5.37. The standard InChI is InChI=1S/C20H12F2N4O2/c21-16-6-5-15(10-17(16)22)26-19(27)13-7-8-24-18(9-13)20(28)25-14-3-1-12(11-23)2-4-14/h1-10H,(H,25,28)(H,26,27). The number of hydrogen-bond donors (Lipinski definition) is 2. The first-order valence-electron chi connectivity index (χ1n) is 8.00. The fraction of sp³-hybridized carbons (Fsp3) is 0. The summed E-state index contributed by atoms with van der Waals surface area (Å²) in [5, 5.41) is 13.8. The fourth-order valence-electron chi connectivity index (χ4n) is 2.30. The van der Waals surface area contributed by atoms with Gasteiger partial charge in [-0.05, 0) is 48.5 Å². The van der Waals surface area contributed by atoms with Crippen molar-refractivity contribution in [1.29, 1.82) is 5.26 Å². The Morgan fingerprint density at radius 2 is 1.54 bits per heavy atom. The van der Waals surface area contributed by atoms with Gasteiger partial charge in [0, 0.05) is 29.2 Å². The number of carbonyl (C=O) groups is 2. The van der Waals surface area contributed by atoms with E-state index in [9.17, 15) is 18.4 Å². The van der Waals surface area contributed by atoms with E-state index in [-0.39, 0.29) is 16.9 Å². The molecule has 0 aliphatic carbocycles. The highest BCUT2D eigenvalue weighted by Gasteiger charge is 2.13. The summed E-state index contributed by atoms with van der Waals surface area (Å²) in [6.45, 7) is 0. The van der Waals surface area contributed by atoms with E-state index in [0.717, 1.165) is 12.1 Å². The lowest BCUT2D eigenvalue weighted by Gasteiger charge is -2.08. The molecule has 8 heteroatoms. The number of nitriles is 1. The minimum Gasteiger partial charge on any atom is -0.322 e. The lowest BCUT2D eigenvalue weighted by molar-refractivity contribution is 0.102. The van der Waals surface area contributed by atoms with E-state index < -0.39 is 23.4 Å². The summed E-state index contributed by atoms with van der Waals surface area (Å²) < 4.78 is 26.2. The monoisotopic (exact) mass is 378 g/mol. The van der Waals surface area contributed by atoms with E-state index in [1.807, 2.05) is 6.07 Å².